The lowest BCUT2D eigenvalue weighted by atomic mass is 10.1. The smallest absolute Gasteiger partial charge is 0.270 e. The molecule has 0 atom stereocenters. The van der Waals surface area contributed by atoms with Gasteiger partial charge in [0.25, 0.3) is 5.69 Å². The minimum Gasteiger partial charge on any atom is -0.421 e. The van der Waals surface area contributed by atoms with Crippen molar-refractivity contribution in [2.24, 2.45) is 0 Å². The van der Waals surface area contributed by atoms with E-state index in [1.165, 1.54) is 12.1 Å². The zero-order chi connectivity index (χ0) is 13.8. The van der Waals surface area contributed by atoms with E-state index in [-0.39, 0.29) is 5.69 Å². The Morgan fingerprint density at radius 2 is 2.21 bits per heavy atom. The minimum absolute atomic E-state index is 0.00103. The van der Waals surface area contributed by atoms with Gasteiger partial charge in [-0.25, -0.2) is 0 Å². The van der Waals surface area contributed by atoms with Crippen LogP contribution >= 0.6 is 11.6 Å². The van der Waals surface area contributed by atoms with Crippen molar-refractivity contribution in [3.8, 4) is 11.5 Å². The number of nitro groups is 1. The molecule has 2 aromatic rings. The Bertz CT molecular complexity index is 598. The maximum Gasteiger partial charge on any atom is 0.270 e. The molecule has 0 saturated heterocycles. The first-order valence-electron chi connectivity index (χ1n) is 5.75. The van der Waals surface area contributed by atoms with Crippen molar-refractivity contribution in [2.45, 2.75) is 19.8 Å². The Kier molecular flexibility index (Phi) is 4.11. The van der Waals surface area contributed by atoms with E-state index in [0.717, 1.165) is 12.0 Å². The van der Waals surface area contributed by atoms with Gasteiger partial charge in [-0.15, -0.1) is 21.8 Å². The number of hydrogen-bond acceptors (Lipinski definition) is 5. The second kappa shape index (κ2) is 5.79. The second-order valence-electron chi connectivity index (χ2n) is 4.05. The summed E-state index contributed by atoms with van der Waals surface area (Å²) in [7, 11) is 0. The molecule has 0 aliphatic heterocycles. The number of rotatable bonds is 5. The lowest BCUT2D eigenvalue weighted by Gasteiger charge is -2.00. The van der Waals surface area contributed by atoms with Crippen LogP contribution in [-0.4, -0.2) is 21.0 Å². The van der Waals surface area contributed by atoms with Crippen molar-refractivity contribution in [1.82, 2.24) is 10.2 Å². The lowest BCUT2D eigenvalue weighted by Crippen LogP contribution is -1.90. The van der Waals surface area contributed by atoms with Gasteiger partial charge < -0.3 is 4.42 Å². The van der Waals surface area contributed by atoms with Crippen molar-refractivity contribution in [2.75, 3.05) is 5.88 Å². The first-order chi connectivity index (χ1) is 9.11. The van der Waals surface area contributed by atoms with Gasteiger partial charge >= 0.3 is 0 Å². The maximum absolute atomic E-state index is 10.8. The van der Waals surface area contributed by atoms with Crippen molar-refractivity contribution >= 4 is 17.3 Å². The molecule has 100 valence electrons. The van der Waals surface area contributed by atoms with Gasteiger partial charge in [0, 0.05) is 30.0 Å². The molecule has 0 fully saturated rings. The van der Waals surface area contributed by atoms with Crippen molar-refractivity contribution in [3.05, 3.63) is 39.8 Å². The molecule has 0 amide bonds. The summed E-state index contributed by atoms with van der Waals surface area (Å²) in [5.74, 6) is 1.31. The van der Waals surface area contributed by atoms with Gasteiger partial charge in [-0.2, -0.15) is 0 Å². The van der Waals surface area contributed by atoms with Crippen LogP contribution < -0.4 is 0 Å². The summed E-state index contributed by atoms with van der Waals surface area (Å²) in [6.45, 7) is 1.84. The first-order valence-corrected chi connectivity index (χ1v) is 6.29. The molecule has 7 heteroatoms. The molecule has 0 aliphatic carbocycles. The molecule has 0 N–H and O–H groups in total. The molecule has 0 saturated carbocycles. The van der Waals surface area contributed by atoms with E-state index in [1.54, 1.807) is 6.07 Å². The van der Waals surface area contributed by atoms with Crippen molar-refractivity contribution in [1.29, 1.82) is 0 Å². The highest BCUT2D eigenvalue weighted by atomic mass is 35.5. The number of alkyl halides is 1. The van der Waals surface area contributed by atoms with Crippen LogP contribution in [0.4, 0.5) is 5.69 Å². The second-order valence-corrected chi connectivity index (χ2v) is 4.43. The normalized spacial score (nSPS) is 10.6. The van der Waals surface area contributed by atoms with Crippen LogP contribution in [0.5, 0.6) is 0 Å². The van der Waals surface area contributed by atoms with Crippen molar-refractivity contribution < 1.29 is 9.34 Å². The number of non-ortho nitro benzene ring substituents is 1. The van der Waals surface area contributed by atoms with Crippen LogP contribution in [0.1, 0.15) is 17.9 Å². The Labute approximate surface area is 114 Å². The Balaban J connectivity index is 2.32. The standard InChI is InChI=1S/C12H12ClN3O3/c1-8-4-5-9(16(17)18)7-10(8)12-15-14-11(19-12)3-2-6-13/h4-5,7H,2-3,6H2,1H3. The van der Waals surface area contributed by atoms with Gasteiger partial charge in [-0.05, 0) is 18.9 Å². The van der Waals surface area contributed by atoms with E-state index in [2.05, 4.69) is 10.2 Å². The summed E-state index contributed by atoms with van der Waals surface area (Å²) in [6, 6.07) is 4.55. The van der Waals surface area contributed by atoms with E-state index in [9.17, 15) is 10.1 Å². The fraction of sp³-hybridized carbons (Fsp3) is 0.333. The van der Waals surface area contributed by atoms with Gasteiger partial charge in [0.05, 0.1) is 4.92 Å². The average molecular weight is 282 g/mol. The van der Waals surface area contributed by atoms with E-state index in [4.69, 9.17) is 16.0 Å². The molecule has 1 aromatic heterocycles. The summed E-state index contributed by atoms with van der Waals surface area (Å²) in [6.07, 6.45) is 1.35. The largest absolute Gasteiger partial charge is 0.421 e. The number of nitro benzene ring substituents is 1. The molecule has 1 heterocycles. The monoisotopic (exact) mass is 281 g/mol. The Morgan fingerprint density at radius 1 is 1.42 bits per heavy atom. The number of halogens is 1. The zero-order valence-corrected chi connectivity index (χ0v) is 11.1. The molecule has 0 aliphatic rings. The maximum atomic E-state index is 10.8. The molecule has 0 bridgehead atoms. The third-order valence-corrected chi connectivity index (χ3v) is 2.92. The summed E-state index contributed by atoms with van der Waals surface area (Å²) in [5, 5.41) is 18.6. The number of nitrogens with zero attached hydrogens (tertiary/aromatic N) is 3. The minimum atomic E-state index is -0.451. The highest BCUT2D eigenvalue weighted by molar-refractivity contribution is 6.17. The Morgan fingerprint density at radius 3 is 2.89 bits per heavy atom. The molecule has 19 heavy (non-hydrogen) atoms. The molecule has 2 rings (SSSR count). The highest BCUT2D eigenvalue weighted by Gasteiger charge is 2.15. The quantitative estimate of drug-likeness (QED) is 0.478. The lowest BCUT2D eigenvalue weighted by molar-refractivity contribution is -0.384. The molecule has 0 spiro atoms. The van der Waals surface area contributed by atoms with Crippen LogP contribution in [0.25, 0.3) is 11.5 Å². The van der Waals surface area contributed by atoms with Crippen LogP contribution in [0.2, 0.25) is 0 Å². The Hall–Kier alpha value is -1.95. The van der Waals surface area contributed by atoms with Crippen molar-refractivity contribution in [3.63, 3.8) is 0 Å². The number of hydrogen-bond donors (Lipinski definition) is 0. The van der Waals surface area contributed by atoms with Gasteiger partial charge in [0.1, 0.15) is 0 Å². The predicted octanol–water partition coefficient (Wildman–Crippen LogP) is 3.12. The summed E-state index contributed by atoms with van der Waals surface area (Å²) < 4.78 is 5.48. The van der Waals surface area contributed by atoms with E-state index in [1.807, 2.05) is 6.92 Å². The first kappa shape index (κ1) is 13.5. The fourth-order valence-corrected chi connectivity index (χ4v) is 1.77. The average Bonchev–Trinajstić information content (AvgIpc) is 2.85. The molecular formula is C12H12ClN3O3. The summed E-state index contributed by atoms with van der Waals surface area (Å²) in [5.41, 5.74) is 1.43. The third-order valence-electron chi connectivity index (χ3n) is 2.65. The van der Waals surface area contributed by atoms with Gasteiger partial charge in [0.15, 0.2) is 0 Å². The highest BCUT2D eigenvalue weighted by Crippen LogP contribution is 2.26. The van der Waals surface area contributed by atoms with E-state index < -0.39 is 4.92 Å². The molecule has 0 unspecified atom stereocenters. The van der Waals surface area contributed by atoms with Crippen LogP contribution in [0.3, 0.4) is 0 Å². The topological polar surface area (TPSA) is 82.1 Å². The van der Waals surface area contributed by atoms with Crippen LogP contribution in [0, 0.1) is 17.0 Å². The van der Waals surface area contributed by atoms with Crippen LogP contribution in [-0.2, 0) is 6.42 Å². The molecule has 1 aromatic carbocycles. The fourth-order valence-electron chi connectivity index (χ4n) is 1.64. The zero-order valence-electron chi connectivity index (χ0n) is 10.3. The summed E-state index contributed by atoms with van der Waals surface area (Å²) in [4.78, 5) is 10.3. The summed E-state index contributed by atoms with van der Waals surface area (Å²) >= 11 is 5.59. The molecular weight excluding hydrogens is 270 g/mol. The van der Waals surface area contributed by atoms with E-state index in [0.29, 0.717) is 29.6 Å². The predicted molar refractivity (Wildman–Crippen MR) is 70.2 cm³/mol. The van der Waals surface area contributed by atoms with Gasteiger partial charge in [0.2, 0.25) is 11.8 Å². The van der Waals surface area contributed by atoms with Gasteiger partial charge in [-0.3, -0.25) is 10.1 Å². The molecule has 0 radical (unpaired) electrons. The SMILES string of the molecule is Cc1ccc([N+](=O)[O-])cc1-c1nnc(CCCCl)o1. The number of aromatic nitrogens is 2. The van der Waals surface area contributed by atoms with Crippen LogP contribution in [0.15, 0.2) is 22.6 Å². The third kappa shape index (κ3) is 3.08. The van der Waals surface area contributed by atoms with Gasteiger partial charge in [-0.1, -0.05) is 6.07 Å². The number of aryl methyl sites for hydroxylation is 2. The molecule has 6 nitrogen and oxygen atoms in total. The number of benzene rings is 1. The van der Waals surface area contributed by atoms with E-state index >= 15 is 0 Å².